The number of hydrogen-bond donors (Lipinski definition) is 1. The topological polar surface area (TPSA) is 62.1 Å². The Labute approximate surface area is 112 Å². The fraction of sp³-hybridized carbons (Fsp3) is 0.385. The van der Waals surface area contributed by atoms with Crippen molar-refractivity contribution >= 4 is 23.2 Å². The molecule has 1 rings (SSSR count). The summed E-state index contributed by atoms with van der Waals surface area (Å²) in [7, 11) is 0. The number of halogens is 1. The fourth-order valence-corrected chi connectivity index (χ4v) is 1.54. The van der Waals surface area contributed by atoms with Crippen LogP contribution in [0, 0.1) is 11.3 Å². The Balaban J connectivity index is 2.38. The number of carbonyl (C=O) groups excluding carboxylic acids is 1. The predicted octanol–water partition coefficient (Wildman–Crippen LogP) is 2.94. The van der Waals surface area contributed by atoms with Gasteiger partial charge in [0.2, 0.25) is 5.91 Å². The maximum absolute atomic E-state index is 11.5. The van der Waals surface area contributed by atoms with Crippen LogP contribution in [0.1, 0.15) is 19.3 Å². The summed E-state index contributed by atoms with van der Waals surface area (Å²) in [6.07, 6.45) is 2.11. The van der Waals surface area contributed by atoms with Gasteiger partial charge in [-0.3, -0.25) is 4.79 Å². The number of unbranched alkanes of at least 4 members (excludes halogenated alkanes) is 1. The summed E-state index contributed by atoms with van der Waals surface area (Å²) in [6.45, 7) is 0.0180. The van der Waals surface area contributed by atoms with Crippen LogP contribution in [-0.2, 0) is 4.79 Å². The summed E-state index contributed by atoms with van der Waals surface area (Å²) in [6, 6.07) is 8.80. The van der Waals surface area contributed by atoms with Gasteiger partial charge in [0.1, 0.15) is 11.8 Å². The number of ether oxygens (including phenoxy) is 1. The first-order valence-corrected chi connectivity index (χ1v) is 6.25. The van der Waals surface area contributed by atoms with Crippen LogP contribution in [0.4, 0.5) is 5.69 Å². The van der Waals surface area contributed by atoms with Gasteiger partial charge in [-0.1, -0.05) is 0 Å². The van der Waals surface area contributed by atoms with Gasteiger partial charge in [-0.05, 0) is 37.1 Å². The highest BCUT2D eigenvalue weighted by molar-refractivity contribution is 6.17. The number of nitriles is 1. The second kappa shape index (κ2) is 8.37. The van der Waals surface area contributed by atoms with Crippen LogP contribution in [-0.4, -0.2) is 18.4 Å². The molecule has 0 aliphatic carbocycles. The summed E-state index contributed by atoms with van der Waals surface area (Å²) in [5, 5.41) is 11.1. The van der Waals surface area contributed by atoms with Gasteiger partial charge >= 0.3 is 0 Å². The SMILES string of the molecule is N#CCOc1ccc(NC(=O)CCCCCl)cc1. The first-order valence-electron chi connectivity index (χ1n) is 5.72. The molecule has 0 atom stereocenters. The number of carbonyl (C=O) groups is 1. The number of hydrogen-bond acceptors (Lipinski definition) is 3. The molecule has 0 heterocycles. The Morgan fingerprint density at radius 2 is 2.06 bits per heavy atom. The normalized spacial score (nSPS) is 9.56. The molecule has 18 heavy (non-hydrogen) atoms. The van der Waals surface area contributed by atoms with Crippen LogP contribution < -0.4 is 10.1 Å². The number of amides is 1. The molecular formula is C13H15ClN2O2. The van der Waals surface area contributed by atoms with E-state index in [1.165, 1.54) is 0 Å². The molecule has 0 bridgehead atoms. The molecule has 0 aliphatic heterocycles. The molecule has 0 fully saturated rings. The molecule has 4 nitrogen and oxygen atoms in total. The number of anilines is 1. The second-order valence-corrected chi connectivity index (χ2v) is 4.04. The third-order valence-electron chi connectivity index (χ3n) is 2.23. The fourth-order valence-electron chi connectivity index (χ4n) is 1.35. The molecule has 1 aromatic rings. The van der Waals surface area contributed by atoms with Gasteiger partial charge in [0.25, 0.3) is 0 Å². The quantitative estimate of drug-likeness (QED) is 0.610. The van der Waals surface area contributed by atoms with E-state index in [2.05, 4.69) is 5.32 Å². The maximum Gasteiger partial charge on any atom is 0.224 e. The second-order valence-electron chi connectivity index (χ2n) is 3.67. The van der Waals surface area contributed by atoms with Crippen molar-refractivity contribution in [3.8, 4) is 11.8 Å². The lowest BCUT2D eigenvalue weighted by Crippen LogP contribution is -2.11. The van der Waals surface area contributed by atoms with Crippen molar-refractivity contribution < 1.29 is 9.53 Å². The number of nitrogens with zero attached hydrogens (tertiary/aromatic N) is 1. The largest absolute Gasteiger partial charge is 0.479 e. The van der Waals surface area contributed by atoms with Gasteiger partial charge in [-0.15, -0.1) is 11.6 Å². The van der Waals surface area contributed by atoms with E-state index in [1.54, 1.807) is 24.3 Å². The van der Waals surface area contributed by atoms with Crippen LogP contribution >= 0.6 is 11.6 Å². The van der Waals surface area contributed by atoms with Crippen molar-refractivity contribution in [1.82, 2.24) is 0 Å². The van der Waals surface area contributed by atoms with Gasteiger partial charge in [0.15, 0.2) is 6.61 Å². The minimum Gasteiger partial charge on any atom is -0.479 e. The minimum absolute atomic E-state index is 0.0180. The number of nitrogens with one attached hydrogen (secondary N) is 1. The van der Waals surface area contributed by atoms with Crippen LogP contribution in [0.3, 0.4) is 0 Å². The minimum atomic E-state index is -0.0224. The van der Waals surface area contributed by atoms with Crippen LogP contribution in [0.25, 0.3) is 0 Å². The summed E-state index contributed by atoms with van der Waals surface area (Å²) in [5.74, 6) is 1.17. The van der Waals surface area contributed by atoms with Crippen molar-refractivity contribution in [3.05, 3.63) is 24.3 Å². The lowest BCUT2D eigenvalue weighted by molar-refractivity contribution is -0.116. The summed E-state index contributed by atoms with van der Waals surface area (Å²) in [5.41, 5.74) is 0.718. The monoisotopic (exact) mass is 266 g/mol. The average molecular weight is 267 g/mol. The van der Waals surface area contributed by atoms with Crippen LogP contribution in [0.15, 0.2) is 24.3 Å². The highest BCUT2D eigenvalue weighted by atomic mass is 35.5. The van der Waals surface area contributed by atoms with Crippen molar-refractivity contribution in [3.63, 3.8) is 0 Å². The summed E-state index contributed by atoms with van der Waals surface area (Å²) >= 11 is 5.54. The molecule has 0 aliphatic rings. The van der Waals surface area contributed by atoms with E-state index in [0.717, 1.165) is 18.5 Å². The van der Waals surface area contributed by atoms with E-state index in [4.69, 9.17) is 21.6 Å². The van der Waals surface area contributed by atoms with E-state index in [1.807, 2.05) is 6.07 Å². The van der Waals surface area contributed by atoms with E-state index in [9.17, 15) is 4.79 Å². The lowest BCUT2D eigenvalue weighted by Gasteiger charge is -2.06. The lowest BCUT2D eigenvalue weighted by atomic mass is 10.2. The van der Waals surface area contributed by atoms with Gasteiger partial charge in [-0.2, -0.15) is 5.26 Å². The van der Waals surface area contributed by atoms with E-state index in [-0.39, 0.29) is 12.5 Å². The number of benzene rings is 1. The summed E-state index contributed by atoms with van der Waals surface area (Å²) < 4.78 is 5.11. The van der Waals surface area contributed by atoms with Gasteiger partial charge in [-0.25, -0.2) is 0 Å². The number of rotatable bonds is 7. The molecule has 1 amide bonds. The van der Waals surface area contributed by atoms with Gasteiger partial charge in [0, 0.05) is 18.0 Å². The van der Waals surface area contributed by atoms with Crippen LogP contribution in [0.2, 0.25) is 0 Å². The van der Waals surface area contributed by atoms with Crippen LogP contribution in [0.5, 0.6) is 5.75 Å². The molecule has 0 saturated heterocycles. The smallest absolute Gasteiger partial charge is 0.224 e. The van der Waals surface area contributed by atoms with Crippen molar-refractivity contribution in [2.24, 2.45) is 0 Å². The van der Waals surface area contributed by atoms with E-state index < -0.39 is 0 Å². The molecular weight excluding hydrogens is 252 g/mol. The molecule has 0 spiro atoms. The molecule has 96 valence electrons. The Hall–Kier alpha value is -1.73. The van der Waals surface area contributed by atoms with Gasteiger partial charge < -0.3 is 10.1 Å². The van der Waals surface area contributed by atoms with Crippen molar-refractivity contribution in [2.45, 2.75) is 19.3 Å². The summed E-state index contributed by atoms with van der Waals surface area (Å²) in [4.78, 5) is 11.5. The highest BCUT2D eigenvalue weighted by Crippen LogP contribution is 2.15. The first-order chi connectivity index (χ1) is 8.76. The maximum atomic E-state index is 11.5. The zero-order chi connectivity index (χ0) is 13.2. The standard InChI is InChI=1S/C13H15ClN2O2/c14-8-2-1-3-13(17)16-11-4-6-12(7-5-11)18-10-9-15/h4-7H,1-3,8,10H2,(H,16,17). The third kappa shape index (κ3) is 5.55. The number of alkyl halides is 1. The first kappa shape index (κ1) is 14.3. The zero-order valence-electron chi connectivity index (χ0n) is 9.99. The Bertz CT molecular complexity index is 412. The van der Waals surface area contributed by atoms with Crippen molar-refractivity contribution in [1.29, 1.82) is 5.26 Å². The molecule has 0 radical (unpaired) electrons. The predicted molar refractivity (Wildman–Crippen MR) is 70.8 cm³/mol. The van der Waals surface area contributed by atoms with E-state index >= 15 is 0 Å². The Morgan fingerprint density at radius 1 is 1.33 bits per heavy atom. The molecule has 1 N–H and O–H groups in total. The molecule has 0 aromatic heterocycles. The molecule has 1 aromatic carbocycles. The molecule has 5 heteroatoms. The Kier molecular flexibility index (Phi) is 6.67. The average Bonchev–Trinajstić information content (AvgIpc) is 2.38. The van der Waals surface area contributed by atoms with Gasteiger partial charge in [0.05, 0.1) is 0 Å². The molecule has 0 saturated carbocycles. The van der Waals surface area contributed by atoms with Crippen molar-refractivity contribution in [2.75, 3.05) is 17.8 Å². The third-order valence-corrected chi connectivity index (χ3v) is 2.50. The highest BCUT2D eigenvalue weighted by Gasteiger charge is 2.02. The van der Waals surface area contributed by atoms with E-state index in [0.29, 0.717) is 18.1 Å². The zero-order valence-corrected chi connectivity index (χ0v) is 10.7. The molecule has 0 unspecified atom stereocenters. The Morgan fingerprint density at radius 3 is 2.67 bits per heavy atom.